The molecule has 1 saturated heterocycles. The third kappa shape index (κ3) is 6.02. The van der Waals surface area contributed by atoms with E-state index in [9.17, 15) is 4.79 Å². The molecule has 0 spiro atoms. The SMILES string of the molecule is CC[C@H](C)[C@H](NCC(C)C)C(=O)NCC1CC(S)CN1. The maximum atomic E-state index is 12.4. The van der Waals surface area contributed by atoms with Gasteiger partial charge >= 0.3 is 0 Å². The van der Waals surface area contributed by atoms with Gasteiger partial charge in [-0.15, -0.1) is 0 Å². The van der Waals surface area contributed by atoms with Gasteiger partial charge in [0.2, 0.25) is 5.91 Å². The van der Waals surface area contributed by atoms with Crippen LogP contribution in [0.15, 0.2) is 0 Å². The summed E-state index contributed by atoms with van der Waals surface area (Å²) in [6.45, 7) is 11.1. The first-order chi connectivity index (χ1) is 9.43. The summed E-state index contributed by atoms with van der Waals surface area (Å²) in [5, 5.41) is 10.3. The summed E-state index contributed by atoms with van der Waals surface area (Å²) < 4.78 is 0. The van der Waals surface area contributed by atoms with E-state index in [2.05, 4.69) is 56.3 Å². The Morgan fingerprint density at radius 2 is 2.10 bits per heavy atom. The Labute approximate surface area is 129 Å². The zero-order valence-electron chi connectivity index (χ0n) is 13.3. The van der Waals surface area contributed by atoms with Gasteiger partial charge in [0, 0.05) is 24.4 Å². The minimum Gasteiger partial charge on any atom is -0.353 e. The van der Waals surface area contributed by atoms with Crippen LogP contribution in [0.3, 0.4) is 0 Å². The Morgan fingerprint density at radius 3 is 2.60 bits per heavy atom. The van der Waals surface area contributed by atoms with E-state index in [-0.39, 0.29) is 11.9 Å². The molecule has 1 aliphatic rings. The number of nitrogens with one attached hydrogen (secondary N) is 3. The third-order valence-electron chi connectivity index (χ3n) is 3.96. The molecule has 5 heteroatoms. The minimum absolute atomic E-state index is 0.0874. The van der Waals surface area contributed by atoms with Crippen LogP contribution in [-0.2, 0) is 4.79 Å². The number of hydrogen-bond donors (Lipinski definition) is 4. The summed E-state index contributed by atoms with van der Waals surface area (Å²) in [5.41, 5.74) is 0. The van der Waals surface area contributed by atoms with Crippen molar-refractivity contribution in [3.8, 4) is 0 Å². The van der Waals surface area contributed by atoms with Crippen LogP contribution in [0.1, 0.15) is 40.5 Å². The molecule has 20 heavy (non-hydrogen) atoms. The Bertz CT molecular complexity index is 299. The molecule has 0 aliphatic carbocycles. The molecule has 0 aromatic carbocycles. The maximum Gasteiger partial charge on any atom is 0.237 e. The van der Waals surface area contributed by atoms with Gasteiger partial charge < -0.3 is 16.0 Å². The maximum absolute atomic E-state index is 12.4. The summed E-state index contributed by atoms with van der Waals surface area (Å²) >= 11 is 4.45. The predicted molar refractivity (Wildman–Crippen MR) is 88.3 cm³/mol. The van der Waals surface area contributed by atoms with Gasteiger partial charge in [0.05, 0.1) is 6.04 Å². The Morgan fingerprint density at radius 1 is 1.40 bits per heavy atom. The molecule has 3 N–H and O–H groups in total. The molecular formula is C15H31N3OS. The lowest BCUT2D eigenvalue weighted by Gasteiger charge is -2.25. The second-order valence-electron chi connectivity index (χ2n) is 6.41. The van der Waals surface area contributed by atoms with Crippen molar-refractivity contribution in [3.05, 3.63) is 0 Å². The number of amides is 1. The van der Waals surface area contributed by atoms with Gasteiger partial charge in [-0.3, -0.25) is 4.79 Å². The highest BCUT2D eigenvalue weighted by molar-refractivity contribution is 7.81. The number of carbonyl (C=O) groups is 1. The fourth-order valence-electron chi connectivity index (χ4n) is 2.44. The van der Waals surface area contributed by atoms with E-state index in [1.807, 2.05) is 0 Å². The van der Waals surface area contributed by atoms with Crippen molar-refractivity contribution in [2.24, 2.45) is 11.8 Å². The number of hydrogen-bond acceptors (Lipinski definition) is 4. The molecule has 1 aliphatic heterocycles. The first-order valence-corrected chi connectivity index (χ1v) is 8.38. The molecule has 0 aromatic heterocycles. The highest BCUT2D eigenvalue weighted by Gasteiger charge is 2.26. The Kier molecular flexibility index (Phi) is 7.92. The fraction of sp³-hybridized carbons (Fsp3) is 0.933. The molecule has 1 fully saturated rings. The highest BCUT2D eigenvalue weighted by atomic mass is 32.1. The molecule has 4 atom stereocenters. The number of carbonyl (C=O) groups excluding carboxylic acids is 1. The fourth-order valence-corrected chi connectivity index (χ4v) is 2.80. The average molecular weight is 302 g/mol. The molecule has 0 radical (unpaired) electrons. The summed E-state index contributed by atoms with van der Waals surface area (Å²) in [4.78, 5) is 12.4. The van der Waals surface area contributed by atoms with Crippen molar-refractivity contribution >= 4 is 18.5 Å². The van der Waals surface area contributed by atoms with Crippen molar-refractivity contribution in [2.75, 3.05) is 19.6 Å². The van der Waals surface area contributed by atoms with Crippen molar-refractivity contribution < 1.29 is 4.79 Å². The van der Waals surface area contributed by atoms with Crippen LogP contribution >= 0.6 is 12.6 Å². The molecule has 1 rings (SSSR count). The summed E-state index contributed by atoms with van der Waals surface area (Å²) in [6.07, 6.45) is 2.03. The standard InChI is InChI=1S/C15H31N3OS/c1-5-11(4)14(17-7-10(2)3)15(19)18-8-12-6-13(20)9-16-12/h10-14,16-17,20H,5-9H2,1-4H3,(H,18,19)/t11-,12?,13?,14-/m0/s1. The lowest BCUT2D eigenvalue weighted by atomic mass is 9.97. The molecule has 4 nitrogen and oxygen atoms in total. The molecule has 118 valence electrons. The van der Waals surface area contributed by atoms with E-state index in [0.717, 1.165) is 25.9 Å². The predicted octanol–water partition coefficient (Wildman–Crippen LogP) is 1.42. The second kappa shape index (κ2) is 8.90. The summed E-state index contributed by atoms with van der Waals surface area (Å²) in [7, 11) is 0. The average Bonchev–Trinajstić information content (AvgIpc) is 2.81. The molecular weight excluding hydrogens is 270 g/mol. The summed E-state index contributed by atoms with van der Waals surface area (Å²) in [6, 6.07) is 0.278. The molecule has 0 saturated carbocycles. The second-order valence-corrected chi connectivity index (χ2v) is 7.14. The first-order valence-electron chi connectivity index (χ1n) is 7.86. The van der Waals surface area contributed by atoms with Gasteiger partial charge in [0.25, 0.3) is 0 Å². The van der Waals surface area contributed by atoms with Gasteiger partial charge in [-0.1, -0.05) is 34.1 Å². The van der Waals surface area contributed by atoms with Crippen LogP contribution in [-0.4, -0.2) is 42.9 Å². The molecule has 1 amide bonds. The third-order valence-corrected chi connectivity index (χ3v) is 4.36. The quantitative estimate of drug-likeness (QED) is 0.513. The number of rotatable bonds is 8. The van der Waals surface area contributed by atoms with Gasteiger partial charge in [-0.05, 0) is 24.8 Å². The highest BCUT2D eigenvalue weighted by Crippen LogP contribution is 2.12. The summed E-state index contributed by atoms with van der Waals surface area (Å²) in [5.74, 6) is 1.03. The van der Waals surface area contributed by atoms with Crippen LogP contribution in [0.4, 0.5) is 0 Å². The molecule has 0 bridgehead atoms. The lowest BCUT2D eigenvalue weighted by Crippen LogP contribution is -2.51. The van der Waals surface area contributed by atoms with E-state index < -0.39 is 0 Å². The topological polar surface area (TPSA) is 53.2 Å². The van der Waals surface area contributed by atoms with Gasteiger partial charge in [-0.2, -0.15) is 12.6 Å². The van der Waals surface area contributed by atoms with Gasteiger partial charge in [-0.25, -0.2) is 0 Å². The normalized spacial score (nSPS) is 25.7. The van der Waals surface area contributed by atoms with Crippen molar-refractivity contribution in [3.63, 3.8) is 0 Å². The van der Waals surface area contributed by atoms with Crippen molar-refractivity contribution in [2.45, 2.75) is 57.9 Å². The Hall–Kier alpha value is -0.260. The van der Waals surface area contributed by atoms with E-state index in [0.29, 0.717) is 29.7 Å². The van der Waals surface area contributed by atoms with Crippen molar-refractivity contribution in [1.82, 2.24) is 16.0 Å². The van der Waals surface area contributed by atoms with E-state index in [1.54, 1.807) is 0 Å². The largest absolute Gasteiger partial charge is 0.353 e. The van der Waals surface area contributed by atoms with Gasteiger partial charge in [0.1, 0.15) is 0 Å². The van der Waals surface area contributed by atoms with Gasteiger partial charge in [0.15, 0.2) is 0 Å². The van der Waals surface area contributed by atoms with E-state index in [4.69, 9.17) is 0 Å². The van der Waals surface area contributed by atoms with Crippen LogP contribution in [0.2, 0.25) is 0 Å². The number of thiol groups is 1. The zero-order valence-corrected chi connectivity index (χ0v) is 14.2. The molecule has 1 heterocycles. The zero-order chi connectivity index (χ0) is 15.1. The smallest absolute Gasteiger partial charge is 0.237 e. The monoisotopic (exact) mass is 301 g/mol. The van der Waals surface area contributed by atoms with Crippen LogP contribution in [0, 0.1) is 11.8 Å². The van der Waals surface area contributed by atoms with E-state index >= 15 is 0 Å². The van der Waals surface area contributed by atoms with Crippen molar-refractivity contribution in [1.29, 1.82) is 0 Å². The Balaban J connectivity index is 2.41. The molecule has 0 aromatic rings. The van der Waals surface area contributed by atoms with Crippen LogP contribution < -0.4 is 16.0 Å². The van der Waals surface area contributed by atoms with Crippen LogP contribution in [0.25, 0.3) is 0 Å². The minimum atomic E-state index is -0.0874. The van der Waals surface area contributed by atoms with E-state index in [1.165, 1.54) is 0 Å². The first kappa shape index (κ1) is 17.8. The van der Waals surface area contributed by atoms with Crippen LogP contribution in [0.5, 0.6) is 0 Å². The molecule has 2 unspecified atom stereocenters. The lowest BCUT2D eigenvalue weighted by molar-refractivity contribution is -0.124.